The summed E-state index contributed by atoms with van der Waals surface area (Å²) in [5.74, 6) is -3.25. The lowest BCUT2D eigenvalue weighted by atomic mass is 10.0. The number of carboxylic acids is 2. The minimum atomic E-state index is -4.84. The van der Waals surface area contributed by atoms with Gasteiger partial charge < -0.3 is 31.7 Å². The Morgan fingerprint density at radius 3 is 2.25 bits per heavy atom. The summed E-state index contributed by atoms with van der Waals surface area (Å²) in [6, 6.07) is 20.7. The van der Waals surface area contributed by atoms with Gasteiger partial charge in [-0.05, 0) is 49.2 Å². The molecule has 51 heavy (non-hydrogen) atoms. The first-order valence-corrected chi connectivity index (χ1v) is 15.3. The normalized spacial score (nSPS) is 12.2. The van der Waals surface area contributed by atoms with Gasteiger partial charge in [0, 0.05) is 34.0 Å². The van der Waals surface area contributed by atoms with Crippen LogP contribution in [0.3, 0.4) is 0 Å². The van der Waals surface area contributed by atoms with Gasteiger partial charge in [0.25, 0.3) is 5.91 Å². The first-order valence-electron chi connectivity index (χ1n) is 14.9. The van der Waals surface area contributed by atoms with Crippen LogP contribution in [0.25, 0.3) is 16.9 Å². The summed E-state index contributed by atoms with van der Waals surface area (Å²) in [4.78, 5) is 40.2. The van der Waals surface area contributed by atoms with Gasteiger partial charge in [0.1, 0.15) is 12.6 Å². The molecule has 0 aliphatic heterocycles. The van der Waals surface area contributed by atoms with Crippen LogP contribution in [0.2, 0.25) is 5.02 Å². The molecule has 5 rings (SSSR count). The third-order valence-electron chi connectivity index (χ3n) is 6.96. The lowest BCUT2D eigenvalue weighted by molar-refractivity contribution is -0.198. The number of carbonyl (C=O) groups excluding carboxylic acids is 1. The van der Waals surface area contributed by atoms with Gasteiger partial charge in [-0.3, -0.25) is 14.4 Å². The molecule has 2 aromatic heterocycles. The van der Waals surface area contributed by atoms with Gasteiger partial charge in [0.2, 0.25) is 17.9 Å². The van der Waals surface area contributed by atoms with E-state index in [1.54, 1.807) is 67.6 Å². The van der Waals surface area contributed by atoms with Crippen molar-refractivity contribution in [1.82, 2.24) is 25.1 Å². The summed E-state index contributed by atoms with van der Waals surface area (Å²) < 4.78 is 49.6. The first kappa shape index (κ1) is 37.8. The molecule has 0 spiro atoms. The van der Waals surface area contributed by atoms with Crippen LogP contribution in [0.5, 0.6) is 5.88 Å². The fourth-order valence-electron chi connectivity index (χ4n) is 4.56. The lowest BCUT2D eigenvalue weighted by Crippen LogP contribution is -2.32. The number of benzene rings is 3. The van der Waals surface area contributed by atoms with Gasteiger partial charge in [-0.25, -0.2) is 9.67 Å². The molecule has 1 amide bonds. The lowest BCUT2D eigenvalue weighted by Gasteiger charge is -2.24. The van der Waals surface area contributed by atoms with Crippen molar-refractivity contribution < 1.29 is 42.5 Å². The van der Waals surface area contributed by atoms with Crippen LogP contribution in [0.4, 0.5) is 19.1 Å². The van der Waals surface area contributed by atoms with E-state index in [0.717, 1.165) is 0 Å². The molecule has 2 heterocycles. The molecule has 0 saturated heterocycles. The molecule has 0 saturated carbocycles. The third-order valence-corrected chi connectivity index (χ3v) is 7.19. The standard InChI is InChI=1S/C25H22ClF3N6O3.C9H9NO3/c1-13-8-9-35(34-13)20-11-16(26)6-7-17(20)22(25(27,28)29)38-21-12-19(32-24(31)33-21)15-4-2-14(3-5-15)10-18(30)23(36)37;11-8(12)6-10-9(13)7-4-2-1-3-5-7/h2-9,11-12,18,22H,10,30H2,1H3,(H,36,37)(H2,31,32,33);1-5H,6H2,(H,10,13)(H,11,12). The second kappa shape index (κ2) is 16.6. The van der Waals surface area contributed by atoms with E-state index in [1.807, 2.05) is 0 Å². The summed E-state index contributed by atoms with van der Waals surface area (Å²) in [6.45, 7) is 1.35. The van der Waals surface area contributed by atoms with E-state index in [1.165, 1.54) is 35.1 Å². The molecule has 2 atom stereocenters. The largest absolute Gasteiger partial charge is 0.480 e. The number of amides is 1. The number of nitrogens with one attached hydrogen (secondary N) is 1. The fourth-order valence-corrected chi connectivity index (χ4v) is 4.73. The van der Waals surface area contributed by atoms with Crippen molar-refractivity contribution in [3.63, 3.8) is 0 Å². The molecule has 0 fully saturated rings. The quantitative estimate of drug-likeness (QED) is 0.122. The van der Waals surface area contributed by atoms with Crippen LogP contribution in [0, 0.1) is 6.92 Å². The Morgan fingerprint density at radius 2 is 1.67 bits per heavy atom. The number of nitrogen functional groups attached to an aromatic ring is 1. The molecular weight excluding hydrogens is 695 g/mol. The summed E-state index contributed by atoms with van der Waals surface area (Å²) >= 11 is 6.08. The molecule has 2 unspecified atom stereocenters. The second-order valence-corrected chi connectivity index (χ2v) is 11.3. The second-order valence-electron chi connectivity index (χ2n) is 10.9. The van der Waals surface area contributed by atoms with Crippen molar-refractivity contribution in [3.05, 3.63) is 119 Å². The third kappa shape index (κ3) is 10.7. The van der Waals surface area contributed by atoms with Crippen LogP contribution >= 0.6 is 11.6 Å². The predicted molar refractivity (Wildman–Crippen MR) is 180 cm³/mol. The monoisotopic (exact) mass is 725 g/mol. The molecule has 17 heteroatoms. The van der Waals surface area contributed by atoms with Gasteiger partial charge in [0.05, 0.1) is 17.1 Å². The topological polar surface area (TPSA) is 209 Å². The number of hydrogen-bond acceptors (Lipinski definition) is 9. The summed E-state index contributed by atoms with van der Waals surface area (Å²) in [6.07, 6.45) is -5.65. The highest BCUT2D eigenvalue weighted by Crippen LogP contribution is 2.40. The number of hydrogen-bond donors (Lipinski definition) is 5. The Bertz CT molecular complexity index is 1990. The van der Waals surface area contributed by atoms with Crippen molar-refractivity contribution in [2.24, 2.45) is 5.73 Å². The summed E-state index contributed by atoms with van der Waals surface area (Å²) in [7, 11) is 0. The van der Waals surface area contributed by atoms with Crippen molar-refractivity contribution in [2.75, 3.05) is 12.3 Å². The number of carboxylic acid groups (broad SMARTS) is 2. The number of aryl methyl sites for hydroxylation is 1. The van der Waals surface area contributed by atoms with Gasteiger partial charge in [0.15, 0.2) is 0 Å². The highest BCUT2D eigenvalue weighted by molar-refractivity contribution is 6.30. The van der Waals surface area contributed by atoms with Crippen LogP contribution in [-0.4, -0.2) is 66.6 Å². The number of alkyl halides is 3. The number of aliphatic carboxylic acids is 2. The number of carbonyl (C=O) groups is 3. The van der Waals surface area contributed by atoms with E-state index >= 15 is 0 Å². The zero-order chi connectivity index (χ0) is 37.3. The number of ether oxygens (including phenoxy) is 1. The minimum Gasteiger partial charge on any atom is -0.480 e. The van der Waals surface area contributed by atoms with Gasteiger partial charge >= 0.3 is 18.1 Å². The van der Waals surface area contributed by atoms with Crippen molar-refractivity contribution in [2.45, 2.75) is 31.7 Å². The average molecular weight is 726 g/mol. The molecule has 13 nitrogen and oxygen atoms in total. The van der Waals surface area contributed by atoms with E-state index in [0.29, 0.717) is 22.4 Å². The molecule has 0 aliphatic rings. The predicted octanol–water partition coefficient (Wildman–Crippen LogP) is 5.01. The zero-order valence-corrected chi connectivity index (χ0v) is 27.5. The number of anilines is 1. The highest BCUT2D eigenvalue weighted by Gasteiger charge is 2.45. The summed E-state index contributed by atoms with van der Waals surface area (Å²) in [5, 5.41) is 24.0. The van der Waals surface area contributed by atoms with E-state index < -0.39 is 36.1 Å². The van der Waals surface area contributed by atoms with E-state index in [4.69, 9.17) is 38.0 Å². The SMILES string of the molecule is Cc1ccn(-c2cc(Cl)ccc2C(Oc2cc(-c3ccc(CC(N)C(=O)O)cc3)nc(N)n2)C(F)(F)F)n1.O=C(O)CNC(=O)c1ccccc1. The maximum Gasteiger partial charge on any atom is 0.429 e. The van der Waals surface area contributed by atoms with Crippen molar-refractivity contribution in [1.29, 1.82) is 0 Å². The smallest absolute Gasteiger partial charge is 0.429 e. The zero-order valence-electron chi connectivity index (χ0n) is 26.7. The number of nitrogens with two attached hydrogens (primary N) is 2. The van der Waals surface area contributed by atoms with Crippen LogP contribution in [0.1, 0.15) is 33.3 Å². The maximum absolute atomic E-state index is 14.3. The molecular formula is C34H31ClF3N7O6. The fraction of sp³-hybridized carbons (Fsp3) is 0.176. The van der Waals surface area contributed by atoms with Gasteiger partial charge in [-0.15, -0.1) is 0 Å². The maximum atomic E-state index is 14.3. The van der Waals surface area contributed by atoms with Crippen LogP contribution in [-0.2, 0) is 16.0 Å². The Kier molecular flexibility index (Phi) is 12.3. The Hall–Kier alpha value is -6.00. The Labute approximate surface area is 293 Å². The Balaban J connectivity index is 0.000000378. The minimum absolute atomic E-state index is 0.0883. The number of aromatic nitrogens is 4. The summed E-state index contributed by atoms with van der Waals surface area (Å²) in [5.41, 5.74) is 13.6. The molecule has 266 valence electrons. The van der Waals surface area contributed by atoms with Crippen molar-refractivity contribution in [3.8, 4) is 22.8 Å². The molecule has 3 aromatic carbocycles. The molecule has 7 N–H and O–H groups in total. The van der Waals surface area contributed by atoms with E-state index in [2.05, 4.69) is 20.4 Å². The molecule has 0 radical (unpaired) electrons. The average Bonchev–Trinajstić information content (AvgIpc) is 3.52. The van der Waals surface area contributed by atoms with E-state index in [9.17, 15) is 27.6 Å². The van der Waals surface area contributed by atoms with Crippen LogP contribution in [0.15, 0.2) is 91.1 Å². The first-order chi connectivity index (χ1) is 24.1. The van der Waals surface area contributed by atoms with Crippen molar-refractivity contribution >= 4 is 35.4 Å². The molecule has 0 bridgehead atoms. The van der Waals surface area contributed by atoms with Gasteiger partial charge in [-0.1, -0.05) is 60.1 Å². The van der Waals surface area contributed by atoms with E-state index in [-0.39, 0.29) is 46.8 Å². The molecule has 5 aromatic rings. The highest BCUT2D eigenvalue weighted by atomic mass is 35.5. The molecule has 0 aliphatic carbocycles. The van der Waals surface area contributed by atoms with Crippen LogP contribution < -0.4 is 21.5 Å². The number of rotatable bonds is 11. The number of halogens is 4. The number of nitrogens with zero attached hydrogens (tertiary/aromatic N) is 4. The Morgan fingerprint density at radius 1 is 0.980 bits per heavy atom. The van der Waals surface area contributed by atoms with Gasteiger partial charge in [-0.2, -0.15) is 23.3 Å².